The Bertz CT molecular complexity index is 254. The summed E-state index contributed by atoms with van der Waals surface area (Å²) < 4.78 is 5.23. The number of amides is 1. The molecule has 0 spiro atoms. The highest BCUT2D eigenvalue weighted by molar-refractivity contribution is 7.99. The number of carbonyl (C=O) groups excluding carboxylic acids is 1. The van der Waals surface area contributed by atoms with Gasteiger partial charge < -0.3 is 19.9 Å². The van der Waals surface area contributed by atoms with E-state index in [-0.39, 0.29) is 5.91 Å². The Labute approximate surface area is 113 Å². The minimum Gasteiger partial charge on any atom is -0.378 e. The van der Waals surface area contributed by atoms with E-state index in [4.69, 9.17) is 4.74 Å². The van der Waals surface area contributed by atoms with Crippen molar-refractivity contribution in [2.24, 2.45) is 0 Å². The van der Waals surface area contributed by atoms with Crippen LogP contribution in [0.2, 0.25) is 0 Å². The van der Waals surface area contributed by atoms with E-state index >= 15 is 0 Å². The molecule has 0 aliphatic carbocycles. The fourth-order valence-corrected chi connectivity index (χ4v) is 3.16. The van der Waals surface area contributed by atoms with Gasteiger partial charge in [0.05, 0.1) is 19.8 Å². The lowest BCUT2D eigenvalue weighted by Gasteiger charge is -2.28. The van der Waals surface area contributed by atoms with E-state index in [1.807, 2.05) is 16.7 Å². The number of rotatable bonds is 5. The van der Waals surface area contributed by atoms with Gasteiger partial charge >= 0.3 is 0 Å². The Morgan fingerprint density at radius 3 is 2.61 bits per heavy atom. The fraction of sp³-hybridized carbons (Fsp3) is 0.917. The number of hydrogen-bond acceptors (Lipinski definition) is 5. The zero-order chi connectivity index (χ0) is 12.6. The molecule has 0 bridgehead atoms. The molecule has 2 rings (SSSR count). The van der Waals surface area contributed by atoms with Crippen LogP contribution in [-0.4, -0.2) is 86.2 Å². The van der Waals surface area contributed by atoms with E-state index < -0.39 is 0 Å². The van der Waals surface area contributed by atoms with Gasteiger partial charge in [-0.05, 0) is 0 Å². The maximum atomic E-state index is 11.8. The maximum absolute atomic E-state index is 11.8. The third-order valence-electron chi connectivity index (χ3n) is 3.35. The number of nitrogens with zero attached hydrogens (tertiary/aromatic N) is 2. The van der Waals surface area contributed by atoms with Crippen LogP contribution in [0.1, 0.15) is 0 Å². The predicted octanol–water partition coefficient (Wildman–Crippen LogP) is -0.516. The third-order valence-corrected chi connectivity index (χ3v) is 4.29. The van der Waals surface area contributed by atoms with E-state index in [1.165, 1.54) is 24.6 Å². The summed E-state index contributed by atoms with van der Waals surface area (Å²) in [5.41, 5.74) is 0. The van der Waals surface area contributed by atoms with Gasteiger partial charge in [0.25, 0.3) is 0 Å². The van der Waals surface area contributed by atoms with E-state index in [0.29, 0.717) is 19.8 Å². The molecular weight excluding hydrogens is 250 g/mol. The van der Waals surface area contributed by atoms with Crippen LogP contribution in [0.3, 0.4) is 0 Å². The van der Waals surface area contributed by atoms with Crippen LogP contribution in [0.4, 0.5) is 0 Å². The first kappa shape index (κ1) is 14.1. The average molecular weight is 273 g/mol. The summed E-state index contributed by atoms with van der Waals surface area (Å²) >= 11 is 2.03. The molecule has 2 heterocycles. The molecule has 1 N–H and O–H groups in total. The largest absolute Gasteiger partial charge is 0.378 e. The van der Waals surface area contributed by atoms with E-state index in [0.717, 1.165) is 26.2 Å². The van der Waals surface area contributed by atoms with Crippen molar-refractivity contribution in [1.29, 1.82) is 0 Å². The second kappa shape index (κ2) is 7.99. The molecule has 5 nitrogen and oxygen atoms in total. The summed E-state index contributed by atoms with van der Waals surface area (Å²) in [7, 11) is 0. The molecule has 0 aromatic carbocycles. The monoisotopic (exact) mass is 273 g/mol. The lowest BCUT2D eigenvalue weighted by atomic mass is 10.4. The zero-order valence-electron chi connectivity index (χ0n) is 10.9. The number of carbonyl (C=O) groups is 1. The van der Waals surface area contributed by atoms with Crippen molar-refractivity contribution in [1.82, 2.24) is 15.1 Å². The normalized spacial score (nSPS) is 22.1. The number of hydrogen-bond donors (Lipinski definition) is 1. The topological polar surface area (TPSA) is 44.8 Å². The quantitative estimate of drug-likeness (QED) is 0.683. The number of nitrogens with one attached hydrogen (secondary N) is 1. The number of ether oxygens (including phenoxy) is 1. The van der Waals surface area contributed by atoms with E-state index in [2.05, 4.69) is 10.2 Å². The molecule has 0 radical (unpaired) electrons. The Hall–Kier alpha value is -0.300. The van der Waals surface area contributed by atoms with Gasteiger partial charge in [-0.3, -0.25) is 4.79 Å². The SMILES string of the molecule is O=C(CNCCN1CCSCC1)N1CCOCC1. The smallest absolute Gasteiger partial charge is 0.236 e. The van der Waals surface area contributed by atoms with Crippen LogP contribution in [0, 0.1) is 0 Å². The van der Waals surface area contributed by atoms with Crippen LogP contribution >= 0.6 is 11.8 Å². The van der Waals surface area contributed by atoms with E-state index in [9.17, 15) is 4.79 Å². The van der Waals surface area contributed by atoms with Crippen LogP contribution in [0.15, 0.2) is 0 Å². The Balaban J connectivity index is 1.52. The van der Waals surface area contributed by atoms with Crippen LogP contribution in [-0.2, 0) is 9.53 Å². The van der Waals surface area contributed by atoms with Crippen molar-refractivity contribution >= 4 is 17.7 Å². The summed E-state index contributed by atoms with van der Waals surface area (Å²) in [5, 5.41) is 3.25. The molecular formula is C12H23N3O2S. The molecule has 6 heteroatoms. The second-order valence-corrected chi connectivity index (χ2v) is 5.85. The van der Waals surface area contributed by atoms with E-state index in [1.54, 1.807) is 0 Å². The van der Waals surface area contributed by atoms with Crippen LogP contribution in [0.5, 0.6) is 0 Å². The molecule has 0 saturated carbocycles. The molecule has 2 fully saturated rings. The highest BCUT2D eigenvalue weighted by Gasteiger charge is 2.16. The molecule has 0 unspecified atom stereocenters. The van der Waals surface area contributed by atoms with Crippen LogP contribution < -0.4 is 5.32 Å². The van der Waals surface area contributed by atoms with Crippen molar-refractivity contribution in [2.45, 2.75) is 0 Å². The summed E-state index contributed by atoms with van der Waals surface area (Å²) in [6, 6.07) is 0. The first-order valence-electron chi connectivity index (χ1n) is 6.72. The lowest BCUT2D eigenvalue weighted by molar-refractivity contribution is -0.134. The molecule has 2 saturated heterocycles. The highest BCUT2D eigenvalue weighted by Crippen LogP contribution is 2.07. The minimum atomic E-state index is 0.201. The van der Waals surface area contributed by atoms with Crippen molar-refractivity contribution in [2.75, 3.05) is 70.5 Å². The lowest BCUT2D eigenvalue weighted by Crippen LogP contribution is -2.46. The summed E-state index contributed by atoms with van der Waals surface area (Å²) in [4.78, 5) is 16.2. The van der Waals surface area contributed by atoms with Gasteiger partial charge in [0.1, 0.15) is 0 Å². The molecule has 104 valence electrons. The standard InChI is InChI=1S/C12H23N3O2S/c16-12(15-3-7-17-8-4-15)11-13-1-2-14-5-9-18-10-6-14/h13H,1-11H2. The predicted molar refractivity (Wildman–Crippen MR) is 74.0 cm³/mol. The van der Waals surface area contributed by atoms with Crippen molar-refractivity contribution in [3.8, 4) is 0 Å². The minimum absolute atomic E-state index is 0.201. The summed E-state index contributed by atoms with van der Waals surface area (Å²) in [5.74, 6) is 2.69. The van der Waals surface area contributed by atoms with Gasteiger partial charge in [-0.25, -0.2) is 0 Å². The Morgan fingerprint density at radius 1 is 1.17 bits per heavy atom. The first-order chi connectivity index (χ1) is 8.86. The molecule has 0 aromatic rings. The Morgan fingerprint density at radius 2 is 1.89 bits per heavy atom. The number of thioether (sulfide) groups is 1. The summed E-state index contributed by atoms with van der Waals surface area (Å²) in [6.45, 7) is 7.62. The molecule has 1 amide bonds. The maximum Gasteiger partial charge on any atom is 0.236 e. The van der Waals surface area contributed by atoms with Gasteiger partial charge in [0, 0.05) is 50.8 Å². The molecule has 2 aliphatic rings. The molecule has 18 heavy (non-hydrogen) atoms. The van der Waals surface area contributed by atoms with Gasteiger partial charge in [0.2, 0.25) is 5.91 Å². The van der Waals surface area contributed by atoms with Crippen LogP contribution in [0.25, 0.3) is 0 Å². The Kier molecular flexibility index (Phi) is 6.26. The second-order valence-electron chi connectivity index (χ2n) is 4.62. The van der Waals surface area contributed by atoms with Crippen molar-refractivity contribution in [3.05, 3.63) is 0 Å². The first-order valence-corrected chi connectivity index (χ1v) is 7.88. The fourth-order valence-electron chi connectivity index (χ4n) is 2.18. The molecule has 0 aromatic heterocycles. The highest BCUT2D eigenvalue weighted by atomic mass is 32.2. The molecule has 2 aliphatic heterocycles. The van der Waals surface area contributed by atoms with Gasteiger partial charge in [-0.1, -0.05) is 0 Å². The van der Waals surface area contributed by atoms with Crippen molar-refractivity contribution < 1.29 is 9.53 Å². The van der Waals surface area contributed by atoms with Gasteiger partial charge in [-0.2, -0.15) is 11.8 Å². The number of morpholine rings is 1. The van der Waals surface area contributed by atoms with Gasteiger partial charge in [-0.15, -0.1) is 0 Å². The van der Waals surface area contributed by atoms with Crippen molar-refractivity contribution in [3.63, 3.8) is 0 Å². The van der Waals surface area contributed by atoms with Gasteiger partial charge in [0.15, 0.2) is 0 Å². The third kappa shape index (κ3) is 4.76. The summed E-state index contributed by atoms with van der Waals surface area (Å²) in [6.07, 6.45) is 0. The average Bonchev–Trinajstić information content (AvgIpc) is 2.45. The zero-order valence-corrected chi connectivity index (χ0v) is 11.7. The molecule has 0 atom stereocenters.